The zero-order valence-corrected chi connectivity index (χ0v) is 26.9. The largest absolute Gasteiger partial charge is 0.310 e. The average molecular weight is 625 g/mol. The summed E-state index contributed by atoms with van der Waals surface area (Å²) >= 11 is 0. The van der Waals surface area contributed by atoms with Gasteiger partial charge in [-0.3, -0.25) is 0 Å². The van der Waals surface area contributed by atoms with Crippen LogP contribution in [0.4, 0.5) is 17.1 Å². The van der Waals surface area contributed by atoms with Crippen LogP contribution in [0.25, 0.3) is 60.5 Å². The van der Waals surface area contributed by atoms with Gasteiger partial charge in [0.2, 0.25) is 0 Å². The maximum atomic E-state index is 2.43. The fourth-order valence-corrected chi connectivity index (χ4v) is 7.94. The third-order valence-corrected chi connectivity index (χ3v) is 10.2. The normalized spacial score (nSPS) is 12.0. The molecule has 0 saturated carbocycles. The Bertz CT molecular complexity index is 2690. The quantitative estimate of drug-likeness (QED) is 0.185. The second-order valence-corrected chi connectivity index (χ2v) is 13.0. The van der Waals surface area contributed by atoms with Crippen molar-refractivity contribution in [3.63, 3.8) is 0 Å². The molecule has 49 heavy (non-hydrogen) atoms. The molecule has 2 heteroatoms. The topological polar surface area (TPSA) is 8.17 Å². The Hall–Kier alpha value is -6.38. The number of fused-ring (bicyclic) bond motifs is 7. The zero-order valence-electron chi connectivity index (χ0n) is 26.9. The molecule has 0 amide bonds. The Kier molecular flexibility index (Phi) is 6.28. The van der Waals surface area contributed by atoms with Crippen molar-refractivity contribution in [1.29, 1.82) is 0 Å². The third kappa shape index (κ3) is 4.49. The molecule has 1 heterocycles. The first kappa shape index (κ1) is 27.7. The maximum Gasteiger partial charge on any atom is 0.0542 e. The standard InChI is InChI=1S/C47H32N2/c1-3-13-33(14-4-1)41-20-11-16-36-28-35-23-25-39(30-43(35)47(36)41)48(38-24-22-32-12-7-8-15-34(32)29-38)40-26-27-46-44(31-40)42-19-9-10-21-45(42)49(46)37-17-5-2-6-18-37/h1-27,29-31H,28H2. The first-order valence-corrected chi connectivity index (χ1v) is 17.0. The van der Waals surface area contributed by atoms with Gasteiger partial charge in [0.15, 0.2) is 0 Å². The van der Waals surface area contributed by atoms with Crippen molar-refractivity contribution in [1.82, 2.24) is 4.57 Å². The van der Waals surface area contributed by atoms with Gasteiger partial charge in [0, 0.05) is 33.5 Å². The number of anilines is 3. The van der Waals surface area contributed by atoms with Crippen molar-refractivity contribution < 1.29 is 0 Å². The summed E-state index contributed by atoms with van der Waals surface area (Å²) in [6.45, 7) is 0. The molecule has 0 unspecified atom stereocenters. The summed E-state index contributed by atoms with van der Waals surface area (Å²) in [5.74, 6) is 0. The highest BCUT2D eigenvalue weighted by Gasteiger charge is 2.25. The van der Waals surface area contributed by atoms with Gasteiger partial charge >= 0.3 is 0 Å². The number of hydrogen-bond donors (Lipinski definition) is 0. The van der Waals surface area contributed by atoms with E-state index in [0.717, 1.165) is 23.5 Å². The maximum absolute atomic E-state index is 2.43. The second-order valence-electron chi connectivity index (χ2n) is 13.0. The molecule has 0 N–H and O–H groups in total. The summed E-state index contributed by atoms with van der Waals surface area (Å²) < 4.78 is 2.38. The van der Waals surface area contributed by atoms with Gasteiger partial charge in [0.25, 0.3) is 0 Å². The second kappa shape index (κ2) is 11.1. The molecule has 0 fully saturated rings. The SMILES string of the molecule is c1ccc(-c2cccc3c2-c2cc(N(c4ccc5ccccc5c4)c4ccc5c(c4)c4ccccc4n5-c4ccccc4)ccc2C3)cc1. The van der Waals surface area contributed by atoms with Crippen LogP contribution in [0, 0.1) is 0 Å². The van der Waals surface area contributed by atoms with Crippen molar-refractivity contribution in [2.45, 2.75) is 6.42 Å². The van der Waals surface area contributed by atoms with Gasteiger partial charge < -0.3 is 9.47 Å². The molecule has 0 bridgehead atoms. The van der Waals surface area contributed by atoms with Gasteiger partial charge in [-0.1, -0.05) is 121 Å². The lowest BCUT2D eigenvalue weighted by molar-refractivity contribution is 1.18. The van der Waals surface area contributed by atoms with Gasteiger partial charge in [-0.2, -0.15) is 0 Å². The minimum Gasteiger partial charge on any atom is -0.310 e. The van der Waals surface area contributed by atoms with Crippen LogP contribution in [-0.4, -0.2) is 4.57 Å². The molecular formula is C47H32N2. The van der Waals surface area contributed by atoms with Crippen LogP contribution in [0.2, 0.25) is 0 Å². The summed E-state index contributed by atoms with van der Waals surface area (Å²) in [7, 11) is 0. The number of para-hydroxylation sites is 2. The summed E-state index contributed by atoms with van der Waals surface area (Å²) in [4.78, 5) is 2.43. The van der Waals surface area contributed by atoms with Crippen molar-refractivity contribution in [3.05, 3.63) is 193 Å². The Morgan fingerprint density at radius 1 is 0.408 bits per heavy atom. The van der Waals surface area contributed by atoms with Crippen molar-refractivity contribution >= 4 is 49.6 Å². The molecule has 0 atom stereocenters. The molecule has 1 aliphatic carbocycles. The van der Waals surface area contributed by atoms with E-state index < -0.39 is 0 Å². The van der Waals surface area contributed by atoms with Gasteiger partial charge in [0.05, 0.1) is 11.0 Å². The zero-order chi connectivity index (χ0) is 32.3. The summed E-state index contributed by atoms with van der Waals surface area (Å²) in [6, 6.07) is 66.5. The number of hydrogen-bond acceptors (Lipinski definition) is 1. The van der Waals surface area contributed by atoms with E-state index in [-0.39, 0.29) is 0 Å². The minimum atomic E-state index is 0.951. The van der Waals surface area contributed by atoms with Crippen LogP contribution in [0.5, 0.6) is 0 Å². The van der Waals surface area contributed by atoms with E-state index in [1.807, 2.05) is 0 Å². The highest BCUT2D eigenvalue weighted by Crippen LogP contribution is 2.47. The molecule has 0 saturated heterocycles. The van der Waals surface area contributed by atoms with Gasteiger partial charge in [-0.15, -0.1) is 0 Å². The number of benzene rings is 8. The third-order valence-electron chi connectivity index (χ3n) is 10.2. The first-order chi connectivity index (χ1) is 24.3. The highest BCUT2D eigenvalue weighted by atomic mass is 15.1. The summed E-state index contributed by atoms with van der Waals surface area (Å²) in [5, 5.41) is 4.95. The summed E-state index contributed by atoms with van der Waals surface area (Å²) in [5.41, 5.74) is 15.0. The van der Waals surface area contributed by atoms with E-state index >= 15 is 0 Å². The van der Waals surface area contributed by atoms with Gasteiger partial charge in [0.1, 0.15) is 0 Å². The lowest BCUT2D eigenvalue weighted by Crippen LogP contribution is -2.10. The van der Waals surface area contributed by atoms with Crippen LogP contribution < -0.4 is 4.90 Å². The van der Waals surface area contributed by atoms with E-state index in [2.05, 4.69) is 191 Å². The smallest absolute Gasteiger partial charge is 0.0542 e. The average Bonchev–Trinajstić information content (AvgIpc) is 3.71. The predicted octanol–water partition coefficient (Wildman–Crippen LogP) is 12.6. The molecule has 230 valence electrons. The van der Waals surface area contributed by atoms with E-state index in [4.69, 9.17) is 0 Å². The molecule has 0 radical (unpaired) electrons. The lowest BCUT2D eigenvalue weighted by Gasteiger charge is -2.27. The van der Waals surface area contributed by atoms with Crippen LogP contribution >= 0.6 is 0 Å². The molecule has 10 rings (SSSR count). The molecule has 8 aromatic carbocycles. The number of nitrogens with zero attached hydrogens (tertiary/aromatic N) is 2. The Morgan fingerprint density at radius 2 is 1.08 bits per heavy atom. The molecule has 2 nitrogen and oxygen atoms in total. The Morgan fingerprint density at radius 3 is 1.96 bits per heavy atom. The van der Waals surface area contributed by atoms with Crippen LogP contribution in [-0.2, 0) is 6.42 Å². The van der Waals surface area contributed by atoms with Crippen LogP contribution in [0.15, 0.2) is 182 Å². The number of rotatable bonds is 5. The first-order valence-electron chi connectivity index (χ1n) is 17.0. The summed E-state index contributed by atoms with van der Waals surface area (Å²) in [6.07, 6.45) is 0.951. The molecule has 9 aromatic rings. The van der Waals surface area contributed by atoms with Crippen molar-refractivity contribution in [2.75, 3.05) is 4.90 Å². The van der Waals surface area contributed by atoms with Gasteiger partial charge in [-0.05, 0) is 111 Å². The van der Waals surface area contributed by atoms with Crippen LogP contribution in [0.3, 0.4) is 0 Å². The fourth-order valence-electron chi connectivity index (χ4n) is 7.94. The molecule has 0 aliphatic heterocycles. The predicted molar refractivity (Wildman–Crippen MR) is 207 cm³/mol. The van der Waals surface area contributed by atoms with E-state index in [9.17, 15) is 0 Å². The lowest BCUT2D eigenvalue weighted by atomic mass is 9.94. The van der Waals surface area contributed by atoms with Gasteiger partial charge in [-0.25, -0.2) is 0 Å². The van der Waals surface area contributed by atoms with Crippen molar-refractivity contribution in [3.8, 4) is 27.9 Å². The molecular weight excluding hydrogens is 593 g/mol. The molecule has 0 spiro atoms. The number of aromatic nitrogens is 1. The van der Waals surface area contributed by atoms with Crippen LogP contribution in [0.1, 0.15) is 11.1 Å². The Labute approximate surface area is 285 Å². The molecule has 1 aromatic heterocycles. The van der Waals surface area contributed by atoms with Crippen molar-refractivity contribution in [2.24, 2.45) is 0 Å². The minimum absolute atomic E-state index is 0.951. The Balaban J connectivity index is 1.20. The van der Waals surface area contributed by atoms with E-state index in [1.165, 1.54) is 71.6 Å². The van der Waals surface area contributed by atoms with E-state index in [1.54, 1.807) is 0 Å². The fraction of sp³-hybridized carbons (Fsp3) is 0.0213. The van der Waals surface area contributed by atoms with E-state index in [0.29, 0.717) is 0 Å². The molecule has 1 aliphatic rings. The highest BCUT2D eigenvalue weighted by molar-refractivity contribution is 6.11. The monoisotopic (exact) mass is 624 g/mol.